The predicted molar refractivity (Wildman–Crippen MR) is 114 cm³/mol. The molecule has 3 aromatic rings. The summed E-state index contributed by atoms with van der Waals surface area (Å²) in [6, 6.07) is 17.5. The highest BCUT2D eigenvalue weighted by Gasteiger charge is 2.47. The number of ketones is 2. The van der Waals surface area contributed by atoms with Crippen molar-refractivity contribution in [1.29, 1.82) is 0 Å². The molecule has 0 aliphatic carbocycles. The Balaban J connectivity index is 1.58. The number of non-ortho nitro benzene ring substituents is 1. The van der Waals surface area contributed by atoms with E-state index in [2.05, 4.69) is 0 Å². The average molecular weight is 429 g/mol. The number of hydrogen-bond donors (Lipinski definition) is 0. The highest BCUT2D eigenvalue weighted by atomic mass is 16.6. The van der Waals surface area contributed by atoms with Crippen LogP contribution >= 0.6 is 0 Å². The molecule has 2 aliphatic rings. The van der Waals surface area contributed by atoms with E-state index in [0.29, 0.717) is 37.3 Å². The molecule has 0 radical (unpaired) electrons. The molecule has 0 spiro atoms. The van der Waals surface area contributed by atoms with Gasteiger partial charge < -0.3 is 0 Å². The summed E-state index contributed by atoms with van der Waals surface area (Å²) in [5.74, 6) is -0.996. The molecule has 7 nitrogen and oxygen atoms in total. The molecule has 2 aliphatic heterocycles. The van der Waals surface area contributed by atoms with Crippen molar-refractivity contribution < 1.29 is 23.6 Å². The number of Topliss-reactive ketones (excluding diaryl/α,β-unsaturated/α-hetero) is 2. The Kier molecular flexibility index (Phi) is 5.09. The van der Waals surface area contributed by atoms with Crippen LogP contribution in [-0.2, 0) is 13.1 Å². The van der Waals surface area contributed by atoms with Gasteiger partial charge in [0.05, 0.1) is 4.92 Å². The molecular weight excluding hydrogens is 406 g/mol. The Bertz CT molecular complexity index is 1150. The molecule has 32 heavy (non-hydrogen) atoms. The van der Waals surface area contributed by atoms with Crippen molar-refractivity contribution in [2.45, 2.75) is 31.8 Å². The highest BCUT2D eigenvalue weighted by Crippen LogP contribution is 2.41. The minimum Gasteiger partial charge on any atom is -0.287 e. The molecule has 2 aromatic heterocycles. The molecule has 4 heterocycles. The van der Waals surface area contributed by atoms with Crippen LogP contribution in [0, 0.1) is 22.0 Å². The second-order valence-electron chi connectivity index (χ2n) is 8.45. The van der Waals surface area contributed by atoms with Crippen LogP contribution in [-0.4, -0.2) is 16.5 Å². The number of aryl methyl sites for hydroxylation is 2. The Hall–Kier alpha value is -3.74. The zero-order valence-electron chi connectivity index (χ0n) is 17.5. The van der Waals surface area contributed by atoms with Gasteiger partial charge >= 0.3 is 0 Å². The number of fused-ring (bicyclic) bond motifs is 2. The van der Waals surface area contributed by atoms with Gasteiger partial charge in [0.1, 0.15) is 13.1 Å². The molecule has 0 amide bonds. The summed E-state index contributed by atoms with van der Waals surface area (Å²) >= 11 is 0. The van der Waals surface area contributed by atoms with Gasteiger partial charge in [0.25, 0.3) is 5.69 Å². The second kappa shape index (κ2) is 8.07. The number of carbonyl (C=O) groups is 2. The van der Waals surface area contributed by atoms with Crippen LogP contribution in [0.3, 0.4) is 0 Å². The third kappa shape index (κ3) is 3.39. The molecule has 0 saturated heterocycles. The number of nitro groups is 1. The lowest BCUT2D eigenvalue weighted by atomic mass is 9.68. The molecule has 5 rings (SSSR count). The summed E-state index contributed by atoms with van der Waals surface area (Å²) in [6.07, 6.45) is 5.06. The number of benzene rings is 1. The number of nitrogens with zero attached hydrogens (tertiary/aromatic N) is 3. The lowest BCUT2D eigenvalue weighted by Crippen LogP contribution is -2.52. The van der Waals surface area contributed by atoms with Gasteiger partial charge in [0, 0.05) is 67.0 Å². The van der Waals surface area contributed by atoms with Crippen LogP contribution in [0.1, 0.15) is 45.3 Å². The van der Waals surface area contributed by atoms with E-state index in [1.807, 2.05) is 57.9 Å². The van der Waals surface area contributed by atoms with Crippen LogP contribution in [0.15, 0.2) is 73.1 Å². The van der Waals surface area contributed by atoms with Gasteiger partial charge in [-0.15, -0.1) is 0 Å². The normalized spacial score (nSPS) is 20.9. The fourth-order valence-electron chi connectivity index (χ4n) is 5.24. The van der Waals surface area contributed by atoms with Crippen LogP contribution < -0.4 is 9.13 Å². The molecule has 7 heteroatoms. The largest absolute Gasteiger partial charge is 0.287 e. The SMILES string of the molecule is O=C1c2cccc[n+]2CCC1C(c1ccc([N+](=O)[O-])cc1)C1CC[n+]2ccccc2C1=O. The van der Waals surface area contributed by atoms with Crippen molar-refractivity contribution >= 4 is 17.3 Å². The van der Waals surface area contributed by atoms with Crippen LogP contribution in [0.25, 0.3) is 0 Å². The number of pyridine rings is 2. The summed E-state index contributed by atoms with van der Waals surface area (Å²) in [5.41, 5.74) is 2.10. The van der Waals surface area contributed by atoms with E-state index in [4.69, 9.17) is 0 Å². The predicted octanol–water partition coefficient (Wildman–Crippen LogP) is 3.06. The maximum atomic E-state index is 13.6. The van der Waals surface area contributed by atoms with Crippen LogP contribution in [0.5, 0.6) is 0 Å². The Morgan fingerprint density at radius 3 is 1.75 bits per heavy atom. The molecule has 0 fully saturated rings. The summed E-state index contributed by atoms with van der Waals surface area (Å²) in [4.78, 5) is 37.8. The van der Waals surface area contributed by atoms with Gasteiger partial charge in [-0.25, -0.2) is 0 Å². The first-order valence-electron chi connectivity index (χ1n) is 10.8. The van der Waals surface area contributed by atoms with Gasteiger partial charge in [0.2, 0.25) is 23.0 Å². The van der Waals surface area contributed by atoms with Gasteiger partial charge in [-0.05, 0) is 17.7 Å². The number of nitro benzene ring substituents is 1. The Labute approximate surface area is 185 Å². The minimum atomic E-state index is -0.434. The standard InChI is InChI=1S/C25H23N3O4/c29-24-19(11-15-26-13-3-1-5-21(24)26)23(17-7-9-18(10-8-17)28(31)32)20-12-16-27-14-4-2-6-22(27)25(20)30/h1-10,13-14,19-20,23H,11-12,15-16H2/q+2. The summed E-state index contributed by atoms with van der Waals surface area (Å²) in [6.45, 7) is 1.39. The lowest BCUT2D eigenvalue weighted by molar-refractivity contribution is -0.704. The van der Waals surface area contributed by atoms with Crippen molar-refractivity contribution in [3.63, 3.8) is 0 Å². The first-order valence-corrected chi connectivity index (χ1v) is 10.8. The number of rotatable bonds is 4. The molecule has 1 aromatic carbocycles. The monoisotopic (exact) mass is 429 g/mol. The van der Waals surface area contributed by atoms with Crippen LogP contribution in [0.4, 0.5) is 5.69 Å². The first kappa shape index (κ1) is 20.2. The fourth-order valence-corrected chi connectivity index (χ4v) is 5.24. The van der Waals surface area contributed by atoms with Gasteiger partial charge in [0.15, 0.2) is 12.4 Å². The zero-order chi connectivity index (χ0) is 22.2. The molecule has 0 bridgehead atoms. The van der Waals surface area contributed by atoms with Gasteiger partial charge in [-0.3, -0.25) is 19.7 Å². The summed E-state index contributed by atoms with van der Waals surface area (Å²) < 4.78 is 3.92. The maximum Gasteiger partial charge on any atom is 0.269 e. The molecular formula is C25H23N3O4+2. The lowest BCUT2D eigenvalue weighted by Gasteiger charge is -2.34. The number of carbonyl (C=O) groups excluding carboxylic acids is 2. The van der Waals surface area contributed by atoms with Crippen molar-refractivity contribution in [2.24, 2.45) is 11.8 Å². The molecule has 2 unspecified atom stereocenters. The van der Waals surface area contributed by atoms with E-state index in [1.165, 1.54) is 12.1 Å². The van der Waals surface area contributed by atoms with Gasteiger partial charge in [-0.2, -0.15) is 9.13 Å². The Morgan fingerprint density at radius 1 is 0.781 bits per heavy atom. The van der Waals surface area contributed by atoms with E-state index in [-0.39, 0.29) is 35.0 Å². The van der Waals surface area contributed by atoms with Crippen molar-refractivity contribution in [3.8, 4) is 0 Å². The van der Waals surface area contributed by atoms with E-state index >= 15 is 0 Å². The van der Waals surface area contributed by atoms with E-state index < -0.39 is 4.92 Å². The highest BCUT2D eigenvalue weighted by molar-refractivity contribution is 5.99. The Morgan fingerprint density at radius 2 is 1.28 bits per heavy atom. The topological polar surface area (TPSA) is 85.0 Å². The zero-order valence-corrected chi connectivity index (χ0v) is 17.5. The smallest absolute Gasteiger partial charge is 0.269 e. The molecule has 2 atom stereocenters. The summed E-state index contributed by atoms with van der Waals surface area (Å²) in [7, 11) is 0. The quantitative estimate of drug-likeness (QED) is 0.362. The van der Waals surface area contributed by atoms with Crippen molar-refractivity contribution in [3.05, 3.63) is 100 Å². The number of aromatic nitrogens is 2. The minimum absolute atomic E-state index is 0.000700. The second-order valence-corrected chi connectivity index (χ2v) is 8.45. The molecule has 0 saturated carbocycles. The molecule has 160 valence electrons. The third-order valence-electron chi connectivity index (χ3n) is 6.78. The van der Waals surface area contributed by atoms with Crippen molar-refractivity contribution in [1.82, 2.24) is 0 Å². The first-order chi connectivity index (χ1) is 15.5. The third-order valence-corrected chi connectivity index (χ3v) is 6.78. The average Bonchev–Trinajstić information content (AvgIpc) is 2.82. The fraction of sp³-hybridized carbons (Fsp3) is 0.280. The summed E-state index contributed by atoms with van der Waals surface area (Å²) in [5, 5.41) is 11.2. The van der Waals surface area contributed by atoms with E-state index in [9.17, 15) is 19.7 Å². The number of hydrogen-bond acceptors (Lipinski definition) is 4. The molecule has 0 N–H and O–H groups in total. The van der Waals surface area contributed by atoms with Gasteiger partial charge in [-0.1, -0.05) is 12.1 Å². The van der Waals surface area contributed by atoms with Crippen LogP contribution in [0.2, 0.25) is 0 Å². The van der Waals surface area contributed by atoms with E-state index in [0.717, 1.165) is 5.56 Å². The van der Waals surface area contributed by atoms with Crippen molar-refractivity contribution in [2.75, 3.05) is 0 Å². The van der Waals surface area contributed by atoms with E-state index in [1.54, 1.807) is 12.1 Å². The maximum absolute atomic E-state index is 13.6.